The molecule has 5 nitrogen and oxygen atoms in total. The Morgan fingerprint density at radius 3 is 2.62 bits per heavy atom. The molecule has 2 unspecified atom stereocenters. The number of hydrogen-bond donors (Lipinski definition) is 2. The molecule has 24 heavy (non-hydrogen) atoms. The highest BCUT2D eigenvalue weighted by Crippen LogP contribution is 2.41. The maximum absolute atomic E-state index is 4.33. The molecule has 1 aliphatic rings. The highest BCUT2D eigenvalue weighted by molar-refractivity contribution is 5.80. The molecule has 2 N–H and O–H groups in total. The first kappa shape index (κ1) is 16.6. The zero-order valence-electron chi connectivity index (χ0n) is 15.0. The number of rotatable bonds is 5. The van der Waals surface area contributed by atoms with E-state index in [2.05, 4.69) is 58.8 Å². The molecule has 1 heterocycles. The summed E-state index contributed by atoms with van der Waals surface area (Å²) in [6, 6.07) is 11.5. The van der Waals surface area contributed by atoms with Gasteiger partial charge in [-0.3, -0.25) is 9.67 Å². The van der Waals surface area contributed by atoms with Crippen molar-refractivity contribution in [2.75, 3.05) is 7.05 Å². The minimum Gasteiger partial charge on any atom is -0.353 e. The van der Waals surface area contributed by atoms with E-state index in [0.717, 1.165) is 24.6 Å². The van der Waals surface area contributed by atoms with Crippen LogP contribution in [0.2, 0.25) is 0 Å². The van der Waals surface area contributed by atoms with Crippen molar-refractivity contribution in [3.63, 3.8) is 0 Å². The smallest absolute Gasteiger partial charge is 0.191 e. The number of hydrogen-bond acceptors (Lipinski definition) is 2. The van der Waals surface area contributed by atoms with E-state index in [1.54, 1.807) is 0 Å². The van der Waals surface area contributed by atoms with Crippen LogP contribution in [0.25, 0.3) is 0 Å². The van der Waals surface area contributed by atoms with Crippen LogP contribution in [0, 0.1) is 0 Å². The highest BCUT2D eigenvalue weighted by atomic mass is 15.3. The number of guanidine groups is 1. The molecule has 0 aliphatic heterocycles. The summed E-state index contributed by atoms with van der Waals surface area (Å²) in [7, 11) is 3.76. The summed E-state index contributed by atoms with van der Waals surface area (Å²) in [5.41, 5.74) is 3.95. The molecule has 0 bridgehead atoms. The summed E-state index contributed by atoms with van der Waals surface area (Å²) in [5.74, 6) is 2.02. The van der Waals surface area contributed by atoms with Gasteiger partial charge in [-0.25, -0.2) is 0 Å². The molecule has 2 aromatic rings. The number of aliphatic imine (C=N–C) groups is 1. The molecule has 1 aliphatic carbocycles. The van der Waals surface area contributed by atoms with Crippen LogP contribution < -0.4 is 10.6 Å². The topological polar surface area (TPSA) is 54.2 Å². The molecule has 1 saturated carbocycles. The Balaban J connectivity index is 1.52. The van der Waals surface area contributed by atoms with E-state index in [1.165, 1.54) is 11.1 Å². The van der Waals surface area contributed by atoms with Gasteiger partial charge in [0.25, 0.3) is 0 Å². The average molecular weight is 325 g/mol. The molecule has 0 amide bonds. The molecule has 2 atom stereocenters. The molecule has 3 rings (SSSR count). The summed E-state index contributed by atoms with van der Waals surface area (Å²) < 4.78 is 1.87. The number of benzene rings is 1. The van der Waals surface area contributed by atoms with E-state index in [0.29, 0.717) is 17.9 Å². The van der Waals surface area contributed by atoms with Crippen LogP contribution in [-0.4, -0.2) is 28.8 Å². The lowest BCUT2D eigenvalue weighted by molar-refractivity contribution is 0.683. The molecule has 0 spiro atoms. The molecule has 1 aromatic carbocycles. The molecule has 128 valence electrons. The maximum Gasteiger partial charge on any atom is 0.191 e. The van der Waals surface area contributed by atoms with Crippen molar-refractivity contribution in [3.05, 3.63) is 53.3 Å². The van der Waals surface area contributed by atoms with Crippen molar-refractivity contribution in [3.8, 4) is 0 Å². The summed E-state index contributed by atoms with van der Waals surface area (Å²) in [4.78, 5) is 4.33. The van der Waals surface area contributed by atoms with Gasteiger partial charge < -0.3 is 10.6 Å². The zero-order chi connectivity index (χ0) is 17.1. The van der Waals surface area contributed by atoms with Crippen molar-refractivity contribution in [1.29, 1.82) is 0 Å². The molecule has 0 radical (unpaired) electrons. The second-order valence-electron chi connectivity index (χ2n) is 6.79. The minimum atomic E-state index is 0.465. The normalized spacial score (nSPS) is 20.3. The van der Waals surface area contributed by atoms with Crippen molar-refractivity contribution in [1.82, 2.24) is 20.4 Å². The van der Waals surface area contributed by atoms with Gasteiger partial charge in [-0.1, -0.05) is 38.1 Å². The Morgan fingerprint density at radius 1 is 1.29 bits per heavy atom. The third kappa shape index (κ3) is 3.78. The van der Waals surface area contributed by atoms with Crippen LogP contribution in [0.5, 0.6) is 0 Å². The van der Waals surface area contributed by atoms with Gasteiger partial charge in [-0.05, 0) is 29.5 Å². The van der Waals surface area contributed by atoms with Crippen LogP contribution in [0.1, 0.15) is 48.9 Å². The van der Waals surface area contributed by atoms with E-state index in [4.69, 9.17) is 0 Å². The highest BCUT2D eigenvalue weighted by Gasteiger charge is 2.38. The van der Waals surface area contributed by atoms with Gasteiger partial charge in [0, 0.05) is 32.3 Å². The molecular formula is C19H27N5. The fraction of sp³-hybridized carbons (Fsp3) is 0.474. The SMILES string of the molecule is CN=C(NCc1ccnn1C)NC1CC1c1ccc(C(C)C)cc1. The van der Waals surface area contributed by atoms with Gasteiger partial charge in [0.15, 0.2) is 5.96 Å². The Kier molecular flexibility index (Phi) is 4.88. The Labute approximate surface area is 144 Å². The maximum atomic E-state index is 4.33. The first-order valence-electron chi connectivity index (χ1n) is 8.62. The quantitative estimate of drug-likeness (QED) is 0.656. The first-order valence-corrected chi connectivity index (χ1v) is 8.62. The predicted octanol–water partition coefficient (Wildman–Crippen LogP) is 2.76. The number of aryl methyl sites for hydroxylation is 1. The van der Waals surface area contributed by atoms with E-state index < -0.39 is 0 Å². The van der Waals surface area contributed by atoms with Gasteiger partial charge in [0.2, 0.25) is 0 Å². The lowest BCUT2D eigenvalue weighted by Gasteiger charge is -2.12. The van der Waals surface area contributed by atoms with E-state index in [1.807, 2.05) is 31.0 Å². The van der Waals surface area contributed by atoms with Crippen molar-refractivity contribution < 1.29 is 0 Å². The Bertz CT molecular complexity index is 699. The average Bonchev–Trinajstić information content (AvgIpc) is 3.24. The minimum absolute atomic E-state index is 0.465. The van der Waals surface area contributed by atoms with E-state index in [-0.39, 0.29) is 0 Å². The molecular weight excluding hydrogens is 298 g/mol. The lowest BCUT2D eigenvalue weighted by atomic mass is 10.0. The number of nitrogens with zero attached hydrogens (tertiary/aromatic N) is 3. The van der Waals surface area contributed by atoms with Crippen LogP contribution in [-0.2, 0) is 13.6 Å². The largest absolute Gasteiger partial charge is 0.353 e. The fourth-order valence-corrected chi connectivity index (χ4v) is 2.97. The summed E-state index contributed by atoms with van der Waals surface area (Å²) in [6.45, 7) is 5.18. The van der Waals surface area contributed by atoms with Crippen LogP contribution in [0.15, 0.2) is 41.5 Å². The lowest BCUT2D eigenvalue weighted by Crippen LogP contribution is -2.38. The van der Waals surface area contributed by atoms with Crippen LogP contribution in [0.4, 0.5) is 0 Å². The van der Waals surface area contributed by atoms with Gasteiger partial charge in [-0.2, -0.15) is 5.10 Å². The second kappa shape index (κ2) is 7.07. The second-order valence-corrected chi connectivity index (χ2v) is 6.79. The van der Waals surface area contributed by atoms with Crippen molar-refractivity contribution in [2.45, 2.75) is 44.7 Å². The van der Waals surface area contributed by atoms with Crippen molar-refractivity contribution in [2.24, 2.45) is 12.0 Å². The third-order valence-electron chi connectivity index (χ3n) is 4.73. The summed E-state index contributed by atoms with van der Waals surface area (Å²) in [6.07, 6.45) is 2.97. The predicted molar refractivity (Wildman–Crippen MR) is 98.2 cm³/mol. The standard InChI is InChI=1S/C19H27N5/c1-13(2)14-5-7-15(8-6-14)17-11-18(17)23-19(20-3)21-12-16-9-10-22-24(16)4/h5-10,13,17-18H,11-12H2,1-4H3,(H2,20,21,23). The van der Waals surface area contributed by atoms with Crippen LogP contribution in [0.3, 0.4) is 0 Å². The molecule has 5 heteroatoms. The van der Waals surface area contributed by atoms with Gasteiger partial charge in [0.05, 0.1) is 12.2 Å². The Hall–Kier alpha value is -2.30. The Morgan fingerprint density at radius 2 is 2.04 bits per heavy atom. The van der Waals surface area contributed by atoms with Crippen molar-refractivity contribution >= 4 is 5.96 Å². The summed E-state index contributed by atoms with van der Waals surface area (Å²) >= 11 is 0. The number of nitrogens with one attached hydrogen (secondary N) is 2. The van der Waals surface area contributed by atoms with Gasteiger partial charge in [0.1, 0.15) is 0 Å². The molecule has 1 aromatic heterocycles. The monoisotopic (exact) mass is 325 g/mol. The third-order valence-corrected chi connectivity index (χ3v) is 4.73. The van der Waals surface area contributed by atoms with E-state index >= 15 is 0 Å². The zero-order valence-corrected chi connectivity index (χ0v) is 15.0. The fourth-order valence-electron chi connectivity index (χ4n) is 2.97. The van der Waals surface area contributed by atoms with Gasteiger partial charge >= 0.3 is 0 Å². The van der Waals surface area contributed by atoms with E-state index in [9.17, 15) is 0 Å². The van der Waals surface area contributed by atoms with Gasteiger partial charge in [-0.15, -0.1) is 0 Å². The summed E-state index contributed by atoms with van der Waals surface area (Å²) in [5, 5.41) is 11.1. The molecule has 0 saturated heterocycles. The first-order chi connectivity index (χ1) is 11.6. The van der Waals surface area contributed by atoms with Crippen LogP contribution >= 0.6 is 0 Å². The molecule has 1 fully saturated rings. The number of aromatic nitrogens is 2.